The molecule has 1 aromatic rings. The highest BCUT2D eigenvalue weighted by molar-refractivity contribution is 5.19. The van der Waals surface area contributed by atoms with E-state index < -0.39 is 18.6 Å². The molecule has 0 spiro atoms. The van der Waals surface area contributed by atoms with E-state index in [1.54, 1.807) is 24.3 Å². The summed E-state index contributed by atoms with van der Waals surface area (Å²) in [6.07, 6.45) is -4.10. The fourth-order valence-electron chi connectivity index (χ4n) is 1.77. The summed E-state index contributed by atoms with van der Waals surface area (Å²) in [5.74, 6) is 0.486. The number of alkyl halides is 3. The summed E-state index contributed by atoms with van der Waals surface area (Å²) in [7, 11) is 0. The van der Waals surface area contributed by atoms with Crippen molar-refractivity contribution in [1.29, 1.82) is 0 Å². The molecule has 1 N–H and O–H groups in total. The number of benzene rings is 1. The van der Waals surface area contributed by atoms with E-state index in [-0.39, 0.29) is 0 Å². The minimum Gasteiger partial charge on any atom is -0.310 e. The Morgan fingerprint density at radius 1 is 1.11 bits per heavy atom. The maximum absolute atomic E-state index is 12.5. The smallest absolute Gasteiger partial charge is 0.310 e. The topological polar surface area (TPSA) is 12.0 Å². The second kappa shape index (κ2) is 6.78. The largest absolute Gasteiger partial charge is 0.390 e. The van der Waals surface area contributed by atoms with Crippen LogP contribution in [0.4, 0.5) is 13.2 Å². The molecule has 0 heterocycles. The van der Waals surface area contributed by atoms with Gasteiger partial charge in [0.05, 0.1) is 6.42 Å². The third-order valence-corrected chi connectivity index (χ3v) is 2.75. The Kier molecular flexibility index (Phi) is 5.66. The first kappa shape index (κ1) is 15.0. The van der Waals surface area contributed by atoms with Gasteiger partial charge in [-0.05, 0) is 24.4 Å². The second-order valence-corrected chi connectivity index (χ2v) is 4.92. The van der Waals surface area contributed by atoms with E-state index in [9.17, 15) is 13.2 Å². The zero-order valence-corrected chi connectivity index (χ0v) is 10.8. The van der Waals surface area contributed by atoms with E-state index in [1.165, 1.54) is 0 Å². The summed E-state index contributed by atoms with van der Waals surface area (Å²) in [6.45, 7) is 4.72. The molecule has 0 saturated carbocycles. The summed E-state index contributed by atoms with van der Waals surface area (Å²) in [4.78, 5) is 0. The number of nitrogens with one attached hydrogen (secondary N) is 1. The van der Waals surface area contributed by atoms with Gasteiger partial charge in [-0.25, -0.2) is 0 Å². The van der Waals surface area contributed by atoms with Crippen molar-refractivity contribution in [1.82, 2.24) is 5.32 Å². The minimum absolute atomic E-state index is 0.486. The molecule has 0 fully saturated rings. The van der Waals surface area contributed by atoms with Crippen LogP contribution in [-0.2, 0) is 0 Å². The molecule has 18 heavy (non-hydrogen) atoms. The molecule has 4 heteroatoms. The summed E-state index contributed by atoms with van der Waals surface area (Å²) in [5, 5.41) is 3.00. The van der Waals surface area contributed by atoms with Gasteiger partial charge < -0.3 is 5.32 Å². The van der Waals surface area contributed by atoms with Crippen LogP contribution in [0.2, 0.25) is 0 Å². The molecular weight excluding hydrogens is 239 g/mol. The fourth-order valence-corrected chi connectivity index (χ4v) is 1.77. The van der Waals surface area contributed by atoms with E-state index in [2.05, 4.69) is 19.2 Å². The van der Waals surface area contributed by atoms with E-state index >= 15 is 0 Å². The molecule has 0 aliphatic rings. The van der Waals surface area contributed by atoms with Gasteiger partial charge in [-0.3, -0.25) is 0 Å². The number of rotatable bonds is 6. The van der Waals surface area contributed by atoms with Crippen LogP contribution >= 0.6 is 0 Å². The monoisotopic (exact) mass is 259 g/mol. The standard InChI is InChI=1S/C14H20F3N/c1-11(2)8-9-18-13(10-14(15,16)17)12-6-4-3-5-7-12/h3-7,11,13,18H,8-10H2,1-2H3. The molecule has 1 aromatic carbocycles. The quantitative estimate of drug-likeness (QED) is 0.802. The van der Waals surface area contributed by atoms with Gasteiger partial charge in [-0.2, -0.15) is 13.2 Å². The summed E-state index contributed by atoms with van der Waals surface area (Å²) in [5.41, 5.74) is 0.693. The highest BCUT2D eigenvalue weighted by Crippen LogP contribution is 2.29. The maximum Gasteiger partial charge on any atom is 0.390 e. The maximum atomic E-state index is 12.5. The molecular formula is C14H20F3N. The molecule has 0 saturated heterocycles. The van der Waals surface area contributed by atoms with Gasteiger partial charge in [0.2, 0.25) is 0 Å². The predicted octanol–water partition coefficient (Wildman–Crippen LogP) is 4.32. The second-order valence-electron chi connectivity index (χ2n) is 4.92. The van der Waals surface area contributed by atoms with Crippen LogP contribution < -0.4 is 5.32 Å². The third-order valence-electron chi connectivity index (χ3n) is 2.75. The van der Waals surface area contributed by atoms with Crippen LogP contribution in [0.1, 0.15) is 38.3 Å². The van der Waals surface area contributed by atoms with Crippen LogP contribution in [0.25, 0.3) is 0 Å². The predicted molar refractivity (Wildman–Crippen MR) is 67.3 cm³/mol. The lowest BCUT2D eigenvalue weighted by Crippen LogP contribution is -2.28. The van der Waals surface area contributed by atoms with Crippen molar-refractivity contribution in [2.24, 2.45) is 5.92 Å². The van der Waals surface area contributed by atoms with Crippen molar-refractivity contribution >= 4 is 0 Å². The van der Waals surface area contributed by atoms with E-state index in [0.29, 0.717) is 18.0 Å². The highest BCUT2D eigenvalue weighted by atomic mass is 19.4. The van der Waals surface area contributed by atoms with Crippen molar-refractivity contribution < 1.29 is 13.2 Å². The van der Waals surface area contributed by atoms with Crippen LogP contribution in [0.5, 0.6) is 0 Å². The van der Waals surface area contributed by atoms with Gasteiger partial charge in [-0.1, -0.05) is 44.2 Å². The molecule has 0 aliphatic heterocycles. The van der Waals surface area contributed by atoms with Gasteiger partial charge in [0.1, 0.15) is 0 Å². The molecule has 0 bridgehead atoms. The van der Waals surface area contributed by atoms with E-state index in [4.69, 9.17) is 0 Å². The SMILES string of the molecule is CC(C)CCNC(CC(F)(F)F)c1ccccc1. The zero-order chi connectivity index (χ0) is 13.6. The molecule has 0 amide bonds. The van der Waals surface area contributed by atoms with Crippen molar-refractivity contribution in [2.75, 3.05) is 6.54 Å². The van der Waals surface area contributed by atoms with Crippen molar-refractivity contribution in [2.45, 2.75) is 38.9 Å². The van der Waals surface area contributed by atoms with Gasteiger partial charge >= 0.3 is 6.18 Å². The molecule has 0 aromatic heterocycles. The minimum atomic E-state index is -4.15. The molecule has 102 valence electrons. The van der Waals surface area contributed by atoms with Crippen LogP contribution in [0.3, 0.4) is 0 Å². The Morgan fingerprint density at radius 3 is 2.22 bits per heavy atom. The molecule has 0 radical (unpaired) electrons. The normalized spacial score (nSPS) is 13.9. The summed E-state index contributed by atoms with van der Waals surface area (Å²) in [6, 6.07) is 8.16. The Morgan fingerprint density at radius 2 is 1.72 bits per heavy atom. The zero-order valence-electron chi connectivity index (χ0n) is 10.8. The molecule has 1 atom stereocenters. The van der Waals surface area contributed by atoms with Gasteiger partial charge in [0.15, 0.2) is 0 Å². The Labute approximate surface area is 106 Å². The average molecular weight is 259 g/mol. The van der Waals surface area contributed by atoms with E-state index in [1.807, 2.05) is 6.07 Å². The third kappa shape index (κ3) is 6.05. The first-order valence-electron chi connectivity index (χ1n) is 6.23. The first-order chi connectivity index (χ1) is 8.38. The van der Waals surface area contributed by atoms with Crippen LogP contribution in [-0.4, -0.2) is 12.7 Å². The average Bonchev–Trinajstić information content (AvgIpc) is 2.27. The lowest BCUT2D eigenvalue weighted by Gasteiger charge is -2.21. The first-order valence-corrected chi connectivity index (χ1v) is 6.23. The number of hydrogen-bond donors (Lipinski definition) is 1. The van der Waals surface area contributed by atoms with Gasteiger partial charge in [0.25, 0.3) is 0 Å². The molecule has 1 unspecified atom stereocenters. The Hall–Kier alpha value is -1.03. The Balaban J connectivity index is 2.64. The number of hydrogen-bond acceptors (Lipinski definition) is 1. The molecule has 1 nitrogen and oxygen atoms in total. The van der Waals surface area contributed by atoms with Crippen molar-refractivity contribution in [3.8, 4) is 0 Å². The summed E-state index contributed by atoms with van der Waals surface area (Å²) >= 11 is 0. The van der Waals surface area contributed by atoms with E-state index in [0.717, 1.165) is 6.42 Å². The van der Waals surface area contributed by atoms with Crippen molar-refractivity contribution in [3.63, 3.8) is 0 Å². The molecule has 0 aliphatic carbocycles. The fraction of sp³-hybridized carbons (Fsp3) is 0.571. The van der Waals surface area contributed by atoms with Crippen molar-refractivity contribution in [3.05, 3.63) is 35.9 Å². The number of halogens is 3. The highest BCUT2D eigenvalue weighted by Gasteiger charge is 2.32. The van der Waals surface area contributed by atoms with Gasteiger partial charge in [-0.15, -0.1) is 0 Å². The van der Waals surface area contributed by atoms with Crippen LogP contribution in [0.15, 0.2) is 30.3 Å². The molecule has 1 rings (SSSR count). The van der Waals surface area contributed by atoms with Gasteiger partial charge in [0, 0.05) is 6.04 Å². The lowest BCUT2D eigenvalue weighted by atomic mass is 10.0. The Bertz CT molecular complexity index is 333. The summed E-state index contributed by atoms with van der Waals surface area (Å²) < 4.78 is 37.6. The van der Waals surface area contributed by atoms with Crippen LogP contribution in [0, 0.1) is 5.92 Å². The lowest BCUT2D eigenvalue weighted by molar-refractivity contribution is -0.140.